The van der Waals surface area contributed by atoms with Crippen LogP contribution in [-0.4, -0.2) is 41.7 Å². The zero-order chi connectivity index (χ0) is 18.5. The van der Waals surface area contributed by atoms with Crippen molar-refractivity contribution in [3.05, 3.63) is 60.2 Å². The molecule has 1 aliphatic heterocycles. The zero-order valence-electron chi connectivity index (χ0n) is 14.4. The molecule has 0 spiro atoms. The van der Waals surface area contributed by atoms with Crippen molar-refractivity contribution in [3.8, 4) is 11.1 Å². The molecule has 0 unspecified atom stereocenters. The second-order valence-electron chi connectivity index (χ2n) is 6.58. The van der Waals surface area contributed by atoms with Gasteiger partial charge in [-0.1, -0.05) is 54.6 Å². The van der Waals surface area contributed by atoms with Crippen molar-refractivity contribution in [2.24, 2.45) is 5.73 Å². The van der Waals surface area contributed by atoms with E-state index in [0.29, 0.717) is 19.4 Å². The van der Waals surface area contributed by atoms with E-state index in [1.807, 2.05) is 54.6 Å². The summed E-state index contributed by atoms with van der Waals surface area (Å²) >= 11 is 0. The molecule has 0 radical (unpaired) electrons. The van der Waals surface area contributed by atoms with Crippen molar-refractivity contribution in [2.45, 2.75) is 31.0 Å². The molecule has 3 rings (SSSR count). The first kappa shape index (κ1) is 18.1. The fourth-order valence-electron chi connectivity index (χ4n) is 3.11. The number of amides is 2. The third-order valence-corrected chi connectivity index (χ3v) is 4.58. The van der Waals surface area contributed by atoms with Gasteiger partial charge in [-0.15, -0.1) is 0 Å². The van der Waals surface area contributed by atoms with Crippen molar-refractivity contribution in [3.63, 3.8) is 0 Å². The zero-order valence-corrected chi connectivity index (χ0v) is 14.4. The first-order valence-electron chi connectivity index (χ1n) is 8.68. The van der Waals surface area contributed by atoms with Gasteiger partial charge in [-0.05, 0) is 23.1 Å². The molecule has 0 saturated carbocycles. The van der Waals surface area contributed by atoms with Gasteiger partial charge in [-0.2, -0.15) is 0 Å². The average molecular weight is 353 g/mol. The second kappa shape index (κ2) is 8.12. The smallest absolute Gasteiger partial charge is 0.240 e. The first-order valence-corrected chi connectivity index (χ1v) is 8.68. The largest absolute Gasteiger partial charge is 0.392 e. The number of hydrogen-bond donors (Lipinski definition) is 4. The van der Waals surface area contributed by atoms with Gasteiger partial charge in [0.05, 0.1) is 12.1 Å². The molecule has 1 aliphatic rings. The minimum absolute atomic E-state index is 0.314. The lowest BCUT2D eigenvalue weighted by molar-refractivity contribution is -0.128. The third kappa shape index (κ3) is 4.47. The minimum atomic E-state index is -0.787. The Morgan fingerprint density at radius 2 is 1.77 bits per heavy atom. The molecular weight excluding hydrogens is 330 g/mol. The van der Waals surface area contributed by atoms with E-state index in [1.165, 1.54) is 0 Å². The molecule has 1 heterocycles. The Kier molecular flexibility index (Phi) is 5.65. The van der Waals surface area contributed by atoms with Crippen LogP contribution in [0.25, 0.3) is 11.1 Å². The molecule has 2 aromatic carbocycles. The van der Waals surface area contributed by atoms with Gasteiger partial charge in [0, 0.05) is 13.0 Å². The SMILES string of the molecule is NC(=O)[C@@H](Cc1ccc(-c2ccccc2)cc1)NC(=O)[C@@H]1C[C@@H](O)CN1. The van der Waals surface area contributed by atoms with Gasteiger partial charge in [0.2, 0.25) is 11.8 Å². The van der Waals surface area contributed by atoms with Crippen LogP contribution in [0, 0.1) is 0 Å². The molecule has 2 aromatic rings. The van der Waals surface area contributed by atoms with Crippen LogP contribution in [0.5, 0.6) is 0 Å². The summed E-state index contributed by atoms with van der Waals surface area (Å²) in [6.45, 7) is 0.375. The fraction of sp³-hybridized carbons (Fsp3) is 0.300. The monoisotopic (exact) mass is 353 g/mol. The summed E-state index contributed by atoms with van der Waals surface area (Å²) in [6, 6.07) is 16.6. The number of rotatable bonds is 6. The Balaban J connectivity index is 1.64. The third-order valence-electron chi connectivity index (χ3n) is 4.58. The summed E-state index contributed by atoms with van der Waals surface area (Å²) in [4.78, 5) is 24.0. The topological polar surface area (TPSA) is 104 Å². The highest BCUT2D eigenvalue weighted by Gasteiger charge is 2.30. The quantitative estimate of drug-likeness (QED) is 0.610. The van der Waals surface area contributed by atoms with Crippen molar-refractivity contribution in [1.29, 1.82) is 0 Å². The Morgan fingerprint density at radius 3 is 2.35 bits per heavy atom. The molecule has 2 amide bonds. The number of hydrogen-bond acceptors (Lipinski definition) is 4. The lowest BCUT2D eigenvalue weighted by Crippen LogP contribution is -2.51. The maximum absolute atomic E-state index is 12.2. The average Bonchev–Trinajstić information content (AvgIpc) is 3.09. The van der Waals surface area contributed by atoms with Crippen LogP contribution >= 0.6 is 0 Å². The van der Waals surface area contributed by atoms with Crippen LogP contribution in [0.2, 0.25) is 0 Å². The number of nitrogens with two attached hydrogens (primary N) is 1. The van der Waals surface area contributed by atoms with Gasteiger partial charge < -0.3 is 21.5 Å². The van der Waals surface area contributed by atoms with Crippen molar-refractivity contribution in [1.82, 2.24) is 10.6 Å². The van der Waals surface area contributed by atoms with Gasteiger partial charge in [0.25, 0.3) is 0 Å². The molecule has 3 atom stereocenters. The normalized spacial score (nSPS) is 20.5. The van der Waals surface area contributed by atoms with Gasteiger partial charge in [0.15, 0.2) is 0 Å². The Morgan fingerprint density at radius 1 is 1.12 bits per heavy atom. The summed E-state index contributed by atoms with van der Waals surface area (Å²) in [5, 5.41) is 15.1. The van der Waals surface area contributed by atoms with E-state index in [9.17, 15) is 14.7 Å². The van der Waals surface area contributed by atoms with Crippen LogP contribution in [0.4, 0.5) is 0 Å². The van der Waals surface area contributed by atoms with Gasteiger partial charge in [-0.3, -0.25) is 9.59 Å². The van der Waals surface area contributed by atoms with Crippen LogP contribution in [0.3, 0.4) is 0 Å². The van der Waals surface area contributed by atoms with Crippen LogP contribution in [0.1, 0.15) is 12.0 Å². The van der Waals surface area contributed by atoms with E-state index in [-0.39, 0.29) is 5.91 Å². The van der Waals surface area contributed by atoms with Crippen LogP contribution < -0.4 is 16.4 Å². The number of aliphatic hydroxyl groups excluding tert-OH is 1. The predicted molar refractivity (Wildman–Crippen MR) is 99.1 cm³/mol. The Bertz CT molecular complexity index is 762. The predicted octanol–water partition coefficient (Wildman–Crippen LogP) is 0.589. The molecule has 0 aromatic heterocycles. The van der Waals surface area contributed by atoms with Crippen molar-refractivity contribution >= 4 is 11.8 Å². The van der Waals surface area contributed by atoms with E-state index in [1.54, 1.807) is 0 Å². The van der Waals surface area contributed by atoms with Gasteiger partial charge in [-0.25, -0.2) is 0 Å². The molecule has 26 heavy (non-hydrogen) atoms. The first-order chi connectivity index (χ1) is 12.5. The Hall–Kier alpha value is -2.70. The summed E-state index contributed by atoms with van der Waals surface area (Å²) in [5.74, 6) is -0.893. The molecule has 6 nitrogen and oxygen atoms in total. The molecule has 5 N–H and O–H groups in total. The number of carbonyl (C=O) groups excluding carboxylic acids is 2. The Labute approximate surface area is 152 Å². The van der Waals surface area contributed by atoms with Gasteiger partial charge >= 0.3 is 0 Å². The molecule has 136 valence electrons. The highest BCUT2D eigenvalue weighted by molar-refractivity contribution is 5.89. The summed E-state index contributed by atoms with van der Waals surface area (Å²) in [5.41, 5.74) is 8.56. The summed E-state index contributed by atoms with van der Waals surface area (Å²) in [6.07, 6.45) is 0.123. The van der Waals surface area contributed by atoms with E-state index < -0.39 is 24.1 Å². The van der Waals surface area contributed by atoms with Crippen molar-refractivity contribution in [2.75, 3.05) is 6.54 Å². The highest BCUT2D eigenvalue weighted by atomic mass is 16.3. The van der Waals surface area contributed by atoms with Gasteiger partial charge in [0.1, 0.15) is 6.04 Å². The number of β-amino-alcohol motifs (C(OH)–C–C–N with tert-alkyl or cyclic N) is 1. The lowest BCUT2D eigenvalue weighted by atomic mass is 10.00. The number of benzene rings is 2. The molecule has 0 aliphatic carbocycles. The lowest BCUT2D eigenvalue weighted by Gasteiger charge is -2.18. The maximum Gasteiger partial charge on any atom is 0.240 e. The van der Waals surface area contributed by atoms with E-state index in [2.05, 4.69) is 10.6 Å². The number of aliphatic hydroxyl groups is 1. The van der Waals surface area contributed by atoms with E-state index in [4.69, 9.17) is 5.73 Å². The molecule has 1 fully saturated rings. The number of nitrogens with one attached hydrogen (secondary N) is 2. The standard InChI is InChI=1S/C20H23N3O3/c21-19(25)17(23-20(26)18-11-16(24)12-22-18)10-13-6-8-15(9-7-13)14-4-2-1-3-5-14/h1-9,16-18,22,24H,10-12H2,(H2,21,25)(H,23,26)/t16-,17-,18+/m1/s1. The molecule has 1 saturated heterocycles. The van der Waals surface area contributed by atoms with Crippen LogP contribution in [0.15, 0.2) is 54.6 Å². The minimum Gasteiger partial charge on any atom is -0.392 e. The molecule has 6 heteroatoms. The number of carbonyl (C=O) groups is 2. The van der Waals surface area contributed by atoms with Crippen LogP contribution in [-0.2, 0) is 16.0 Å². The van der Waals surface area contributed by atoms with Crippen molar-refractivity contribution < 1.29 is 14.7 Å². The van der Waals surface area contributed by atoms with E-state index >= 15 is 0 Å². The fourth-order valence-corrected chi connectivity index (χ4v) is 3.11. The maximum atomic E-state index is 12.2. The summed E-state index contributed by atoms with van der Waals surface area (Å²) < 4.78 is 0. The second-order valence-corrected chi connectivity index (χ2v) is 6.58. The molecule has 0 bridgehead atoms. The van der Waals surface area contributed by atoms with E-state index in [0.717, 1.165) is 16.7 Å². The highest BCUT2D eigenvalue weighted by Crippen LogP contribution is 2.19. The summed E-state index contributed by atoms with van der Waals surface area (Å²) in [7, 11) is 0. The number of primary amides is 1. The molecular formula is C20H23N3O3.